The number of hydrogen-bond acceptors (Lipinski definition) is 4. The predicted octanol–water partition coefficient (Wildman–Crippen LogP) is 3.24. The number of halogens is 2. The van der Waals surface area contributed by atoms with Gasteiger partial charge < -0.3 is 5.11 Å². The van der Waals surface area contributed by atoms with E-state index in [4.69, 9.17) is 5.11 Å². The van der Waals surface area contributed by atoms with Gasteiger partial charge in [-0.3, -0.25) is 0 Å². The summed E-state index contributed by atoms with van der Waals surface area (Å²) in [4.78, 5) is 1.08. The Morgan fingerprint density at radius 1 is 1.20 bits per heavy atom. The lowest BCUT2D eigenvalue weighted by atomic mass is 10.2. The second-order valence-corrected chi connectivity index (χ2v) is 9.09. The lowest BCUT2D eigenvalue weighted by Crippen LogP contribution is -2.23. The van der Waals surface area contributed by atoms with Gasteiger partial charge in [-0.05, 0) is 61.7 Å². The predicted molar refractivity (Wildman–Crippen MR) is 86.1 cm³/mol. The van der Waals surface area contributed by atoms with E-state index in [9.17, 15) is 8.42 Å². The van der Waals surface area contributed by atoms with Crippen molar-refractivity contribution in [1.82, 2.24) is 4.72 Å². The molecular formula is C12H11Br2NO3S2. The number of aliphatic hydroxyl groups is 1. The van der Waals surface area contributed by atoms with Gasteiger partial charge in [0.05, 0.1) is 15.3 Å². The second kappa shape index (κ2) is 6.67. The lowest BCUT2D eigenvalue weighted by Gasteiger charge is -2.08. The Balaban J connectivity index is 2.18. The van der Waals surface area contributed by atoms with Crippen LogP contribution in [0.1, 0.15) is 10.4 Å². The summed E-state index contributed by atoms with van der Waals surface area (Å²) in [6.45, 7) is 0.113. The zero-order valence-corrected chi connectivity index (χ0v) is 14.9. The van der Waals surface area contributed by atoms with E-state index in [2.05, 4.69) is 36.6 Å². The molecule has 108 valence electrons. The summed E-state index contributed by atoms with van der Waals surface area (Å²) in [5.41, 5.74) is 0.651. The standard InChI is InChI=1S/C12H11Br2NO3S2/c13-10-5-8(7-16)1-3-11(10)20(17,18)15-6-9-2-4-12(14)19-9/h1-5,15-16H,6-7H2. The third-order valence-corrected chi connectivity index (χ3v) is 6.54. The molecule has 20 heavy (non-hydrogen) atoms. The Morgan fingerprint density at radius 3 is 2.50 bits per heavy atom. The molecule has 2 aromatic rings. The SMILES string of the molecule is O=S(=O)(NCc1ccc(Br)s1)c1ccc(CO)cc1Br. The van der Waals surface area contributed by atoms with Crippen molar-refractivity contribution in [2.75, 3.05) is 0 Å². The van der Waals surface area contributed by atoms with E-state index in [1.165, 1.54) is 17.4 Å². The normalized spacial score (nSPS) is 11.8. The molecule has 2 rings (SSSR count). The largest absolute Gasteiger partial charge is 0.392 e. The van der Waals surface area contributed by atoms with Gasteiger partial charge in [-0.25, -0.2) is 13.1 Å². The van der Waals surface area contributed by atoms with E-state index in [-0.39, 0.29) is 18.0 Å². The van der Waals surface area contributed by atoms with E-state index in [1.54, 1.807) is 12.1 Å². The van der Waals surface area contributed by atoms with Crippen LogP contribution >= 0.6 is 43.2 Å². The smallest absolute Gasteiger partial charge is 0.242 e. The van der Waals surface area contributed by atoms with Gasteiger partial charge in [-0.2, -0.15) is 0 Å². The number of hydrogen-bond donors (Lipinski definition) is 2. The van der Waals surface area contributed by atoms with E-state index in [1.807, 2.05) is 12.1 Å². The minimum absolute atomic E-state index is 0.129. The Hall–Kier alpha value is -0.250. The molecular weight excluding hydrogens is 430 g/mol. The first-order valence-electron chi connectivity index (χ1n) is 5.55. The van der Waals surface area contributed by atoms with Crippen LogP contribution in [-0.2, 0) is 23.2 Å². The van der Waals surface area contributed by atoms with Crippen molar-refractivity contribution < 1.29 is 13.5 Å². The van der Waals surface area contributed by atoms with Gasteiger partial charge in [0.1, 0.15) is 0 Å². The minimum Gasteiger partial charge on any atom is -0.392 e. The zero-order chi connectivity index (χ0) is 14.8. The molecule has 0 radical (unpaired) electrons. The number of rotatable bonds is 5. The van der Waals surface area contributed by atoms with Crippen LogP contribution in [-0.4, -0.2) is 13.5 Å². The molecule has 1 aromatic heterocycles. The van der Waals surface area contributed by atoms with Gasteiger partial charge in [-0.15, -0.1) is 11.3 Å². The average molecular weight is 441 g/mol. The number of thiophene rings is 1. The van der Waals surface area contributed by atoms with Crippen molar-refractivity contribution in [3.63, 3.8) is 0 Å². The molecule has 2 N–H and O–H groups in total. The van der Waals surface area contributed by atoms with Crippen molar-refractivity contribution in [2.24, 2.45) is 0 Å². The van der Waals surface area contributed by atoms with Crippen molar-refractivity contribution in [2.45, 2.75) is 18.0 Å². The molecule has 0 aliphatic rings. The second-order valence-electron chi connectivity index (χ2n) is 3.95. The fourth-order valence-electron chi connectivity index (χ4n) is 1.55. The summed E-state index contributed by atoms with van der Waals surface area (Å²) >= 11 is 8.03. The summed E-state index contributed by atoms with van der Waals surface area (Å²) in [5.74, 6) is 0. The summed E-state index contributed by atoms with van der Waals surface area (Å²) in [7, 11) is -3.59. The summed E-state index contributed by atoms with van der Waals surface area (Å²) in [6, 6.07) is 8.39. The maximum absolute atomic E-state index is 12.2. The maximum atomic E-state index is 12.2. The van der Waals surface area contributed by atoms with E-state index >= 15 is 0 Å². The highest BCUT2D eigenvalue weighted by molar-refractivity contribution is 9.11. The average Bonchev–Trinajstić information content (AvgIpc) is 2.82. The maximum Gasteiger partial charge on any atom is 0.242 e. The highest BCUT2D eigenvalue weighted by Gasteiger charge is 2.17. The van der Waals surface area contributed by atoms with Crippen LogP contribution in [0, 0.1) is 0 Å². The van der Waals surface area contributed by atoms with Crippen LogP contribution in [0.2, 0.25) is 0 Å². The van der Waals surface area contributed by atoms with Crippen LogP contribution in [0.3, 0.4) is 0 Å². The molecule has 0 bridgehead atoms. The first-order valence-corrected chi connectivity index (χ1v) is 9.44. The number of aliphatic hydroxyl groups excluding tert-OH is 1. The Kier molecular flexibility index (Phi) is 5.38. The van der Waals surface area contributed by atoms with Crippen molar-refractivity contribution in [3.05, 3.63) is 49.0 Å². The van der Waals surface area contributed by atoms with Crippen LogP contribution < -0.4 is 4.72 Å². The molecule has 8 heteroatoms. The van der Waals surface area contributed by atoms with E-state index in [0.29, 0.717) is 10.0 Å². The highest BCUT2D eigenvalue weighted by atomic mass is 79.9. The Morgan fingerprint density at radius 2 is 1.95 bits per heavy atom. The number of nitrogens with one attached hydrogen (secondary N) is 1. The molecule has 0 aliphatic heterocycles. The summed E-state index contributed by atoms with van der Waals surface area (Å²) in [5, 5.41) is 9.02. The van der Waals surface area contributed by atoms with Crippen LogP contribution in [0.4, 0.5) is 0 Å². The first-order chi connectivity index (χ1) is 9.42. The number of sulfonamides is 1. The monoisotopic (exact) mass is 439 g/mol. The minimum atomic E-state index is -3.59. The van der Waals surface area contributed by atoms with Gasteiger partial charge in [-0.1, -0.05) is 6.07 Å². The van der Waals surface area contributed by atoms with E-state index in [0.717, 1.165) is 8.66 Å². The van der Waals surface area contributed by atoms with Gasteiger partial charge in [0, 0.05) is 15.9 Å². The molecule has 1 aromatic carbocycles. The molecule has 0 fully saturated rings. The quantitative estimate of drug-likeness (QED) is 0.749. The van der Waals surface area contributed by atoms with E-state index < -0.39 is 10.0 Å². The van der Waals surface area contributed by atoms with Gasteiger partial charge in [0.2, 0.25) is 10.0 Å². The Labute approximate surface area is 138 Å². The summed E-state index contributed by atoms with van der Waals surface area (Å²) < 4.78 is 28.4. The molecule has 0 aliphatic carbocycles. The zero-order valence-electron chi connectivity index (χ0n) is 10.1. The number of benzene rings is 1. The molecule has 1 heterocycles. The fourth-order valence-corrected chi connectivity index (χ4v) is 5.19. The Bertz CT molecular complexity index is 713. The van der Waals surface area contributed by atoms with Crippen molar-refractivity contribution >= 4 is 53.2 Å². The van der Waals surface area contributed by atoms with Gasteiger partial charge in [0.15, 0.2) is 0 Å². The third-order valence-electron chi connectivity index (χ3n) is 2.53. The topological polar surface area (TPSA) is 66.4 Å². The fraction of sp³-hybridized carbons (Fsp3) is 0.167. The summed E-state index contributed by atoms with van der Waals surface area (Å²) in [6.07, 6.45) is 0. The van der Waals surface area contributed by atoms with Gasteiger partial charge >= 0.3 is 0 Å². The third kappa shape index (κ3) is 3.90. The molecule has 0 unspecified atom stereocenters. The highest BCUT2D eigenvalue weighted by Crippen LogP contribution is 2.25. The first kappa shape index (κ1) is 16.1. The van der Waals surface area contributed by atoms with Crippen molar-refractivity contribution in [1.29, 1.82) is 0 Å². The molecule has 4 nitrogen and oxygen atoms in total. The van der Waals surface area contributed by atoms with Gasteiger partial charge in [0.25, 0.3) is 0 Å². The molecule has 0 saturated carbocycles. The van der Waals surface area contributed by atoms with Crippen LogP contribution in [0.5, 0.6) is 0 Å². The molecule has 0 spiro atoms. The molecule has 0 saturated heterocycles. The van der Waals surface area contributed by atoms with Crippen LogP contribution in [0.15, 0.2) is 43.5 Å². The lowest BCUT2D eigenvalue weighted by molar-refractivity contribution is 0.281. The van der Waals surface area contributed by atoms with Crippen LogP contribution in [0.25, 0.3) is 0 Å². The van der Waals surface area contributed by atoms with Crippen molar-refractivity contribution in [3.8, 4) is 0 Å². The molecule has 0 amide bonds. The molecule has 0 atom stereocenters.